The summed E-state index contributed by atoms with van der Waals surface area (Å²) >= 11 is 7.22. The molecule has 296 valence electrons. The third kappa shape index (κ3) is 21.7. The second kappa shape index (κ2) is 27.9. The van der Waals surface area contributed by atoms with Gasteiger partial charge in [0, 0.05) is 50.9 Å². The van der Waals surface area contributed by atoms with Gasteiger partial charge < -0.3 is 23.9 Å². The van der Waals surface area contributed by atoms with E-state index in [-0.39, 0.29) is 72.9 Å². The molecule has 4 rings (SSSR count). The second-order valence-corrected chi connectivity index (χ2v) is 16.5. The molecule has 0 bridgehead atoms. The first-order valence-electron chi connectivity index (χ1n) is 17.6. The zero-order chi connectivity index (χ0) is 40.2. The van der Waals surface area contributed by atoms with Crippen LogP contribution in [0.5, 0.6) is 0 Å². The molecular formula is C40H48Br3NaO10S. The number of aliphatic hydroxyl groups is 1. The van der Waals surface area contributed by atoms with Crippen LogP contribution in [0.15, 0.2) is 86.2 Å². The van der Waals surface area contributed by atoms with E-state index in [9.17, 15) is 33.0 Å². The van der Waals surface area contributed by atoms with E-state index in [1.807, 2.05) is 38.1 Å². The molecule has 0 saturated heterocycles. The zero-order valence-electron chi connectivity index (χ0n) is 31.8. The van der Waals surface area contributed by atoms with Crippen molar-refractivity contribution in [1.82, 2.24) is 0 Å². The summed E-state index contributed by atoms with van der Waals surface area (Å²) in [7, 11) is 0. The van der Waals surface area contributed by atoms with Gasteiger partial charge in [-0.2, -0.15) is 0 Å². The van der Waals surface area contributed by atoms with Gasteiger partial charge in [-0.15, -0.1) is 0 Å². The average Bonchev–Trinajstić information content (AvgIpc) is 3.10. The molecule has 15 heteroatoms. The van der Waals surface area contributed by atoms with Gasteiger partial charge in [-0.25, -0.2) is 4.21 Å². The predicted molar refractivity (Wildman–Crippen MR) is 217 cm³/mol. The van der Waals surface area contributed by atoms with Gasteiger partial charge in [0.2, 0.25) is 0 Å². The van der Waals surface area contributed by atoms with E-state index in [0.717, 1.165) is 51.0 Å². The molecule has 1 saturated carbocycles. The number of aliphatic hydroxyl groups excluding tert-OH is 1. The molecule has 1 fully saturated rings. The molecule has 4 atom stereocenters. The third-order valence-electron chi connectivity index (χ3n) is 8.22. The smallest absolute Gasteiger partial charge is 0.750 e. The SMILES string of the molecule is CC(C)OC(=O)CCC(C=O)c1ccc(Br)cc1.CC(C)OC(=O)CCC(c1ccc(Br)cc1)C(O)OS(=O)[O-].O=C1CCC(c2ccc(Br)cc2)CC1.[Na+]. The fourth-order valence-corrected chi connectivity index (χ4v) is 6.64. The Morgan fingerprint density at radius 3 is 1.62 bits per heavy atom. The van der Waals surface area contributed by atoms with Crippen LogP contribution < -0.4 is 29.6 Å². The summed E-state index contributed by atoms with van der Waals surface area (Å²) in [6, 6.07) is 23.0. The Kier molecular flexibility index (Phi) is 26.1. The largest absolute Gasteiger partial charge is 1.00 e. The molecule has 0 aromatic heterocycles. The molecule has 0 amide bonds. The molecule has 0 aliphatic heterocycles. The van der Waals surface area contributed by atoms with Crippen LogP contribution in [0.4, 0.5) is 0 Å². The van der Waals surface area contributed by atoms with E-state index in [0.29, 0.717) is 23.7 Å². The van der Waals surface area contributed by atoms with E-state index in [2.05, 4.69) is 76.2 Å². The molecule has 1 aliphatic rings. The van der Waals surface area contributed by atoms with Crippen molar-refractivity contribution in [2.75, 3.05) is 0 Å². The summed E-state index contributed by atoms with van der Waals surface area (Å²) in [6.45, 7) is 7.10. The van der Waals surface area contributed by atoms with Gasteiger partial charge in [0.25, 0.3) is 0 Å². The number of ether oxygens (including phenoxy) is 2. The molecular weight excluding hydrogens is 935 g/mol. The van der Waals surface area contributed by atoms with Crippen LogP contribution in [-0.2, 0) is 44.2 Å². The van der Waals surface area contributed by atoms with Gasteiger partial charge in [-0.3, -0.25) is 18.6 Å². The minimum atomic E-state index is -2.84. The van der Waals surface area contributed by atoms with Crippen molar-refractivity contribution in [2.24, 2.45) is 0 Å². The summed E-state index contributed by atoms with van der Waals surface area (Å²) < 4.78 is 38.6. The van der Waals surface area contributed by atoms with E-state index in [4.69, 9.17) is 9.47 Å². The summed E-state index contributed by atoms with van der Waals surface area (Å²) in [5.41, 5.74) is 2.96. The number of hydrogen-bond donors (Lipinski definition) is 1. The standard InChI is InChI=1S/C14H19BrO6S.C14H17BrO3.C12H13BrO.Na/c1-9(2)20-13(16)8-7-12(14(17)21-22(18)19)10-3-5-11(15)6-4-10;1-10(2)18-14(17)8-5-12(9-16)11-3-6-13(15)7-4-11;13-11-5-1-9(2-6-11)10-3-7-12(14)8-4-10;/h3-6,9,12,14,17H,7-8H2,1-2H3,(H,18,19);3-4,6-7,9-10,12H,5,8H2,1-2H3;1-2,5-6,10H,3-4,7-8H2;/q;;;+1/p-1. The van der Waals surface area contributed by atoms with Crippen molar-refractivity contribution >= 4 is 83.2 Å². The number of carbonyl (C=O) groups excluding carboxylic acids is 4. The second-order valence-electron chi connectivity index (χ2n) is 13.2. The normalized spacial score (nSPS) is 14.9. The maximum atomic E-state index is 11.6. The third-order valence-corrected chi connectivity index (χ3v) is 10.2. The first kappa shape index (κ1) is 51.4. The maximum absolute atomic E-state index is 11.6. The number of rotatable bonds is 15. The molecule has 0 heterocycles. The molecule has 1 N–H and O–H groups in total. The predicted octanol–water partition coefficient (Wildman–Crippen LogP) is 6.54. The van der Waals surface area contributed by atoms with Crippen LogP contribution in [0.2, 0.25) is 0 Å². The van der Waals surface area contributed by atoms with Gasteiger partial charge in [0.15, 0.2) is 6.29 Å². The van der Waals surface area contributed by atoms with Crippen LogP contribution >= 0.6 is 47.8 Å². The van der Waals surface area contributed by atoms with Crippen LogP contribution in [0.1, 0.15) is 114 Å². The molecule has 55 heavy (non-hydrogen) atoms. The van der Waals surface area contributed by atoms with Crippen molar-refractivity contribution in [2.45, 2.75) is 115 Å². The van der Waals surface area contributed by atoms with Crippen molar-refractivity contribution in [3.63, 3.8) is 0 Å². The number of halogens is 3. The summed E-state index contributed by atoms with van der Waals surface area (Å²) in [5, 5.41) is 9.92. The van der Waals surface area contributed by atoms with Gasteiger partial charge in [-0.05, 0) is 112 Å². The minimum absolute atomic E-state index is 0. The van der Waals surface area contributed by atoms with Crippen LogP contribution in [0, 0.1) is 0 Å². The van der Waals surface area contributed by atoms with Crippen molar-refractivity contribution in [1.29, 1.82) is 0 Å². The Hall–Kier alpha value is -1.59. The number of Topliss-reactive ketones (excluding diaryl/α,β-unsaturated/α-hetero) is 1. The summed E-state index contributed by atoms with van der Waals surface area (Å²) in [4.78, 5) is 45.2. The quantitative estimate of drug-likeness (QED) is 0.0584. The molecule has 3 aromatic rings. The fourth-order valence-electron chi connectivity index (χ4n) is 5.55. The summed E-state index contributed by atoms with van der Waals surface area (Å²) in [5.74, 6) is -0.552. The zero-order valence-corrected chi connectivity index (χ0v) is 39.4. The number of aldehydes is 1. The van der Waals surface area contributed by atoms with Gasteiger partial charge in [0.05, 0.1) is 23.6 Å². The van der Waals surface area contributed by atoms with Crippen molar-refractivity contribution in [3.8, 4) is 0 Å². The molecule has 3 aromatic carbocycles. The Morgan fingerprint density at radius 2 is 1.20 bits per heavy atom. The average molecular weight is 984 g/mol. The minimum Gasteiger partial charge on any atom is -0.750 e. The molecule has 0 spiro atoms. The fraction of sp³-hybridized carbons (Fsp3) is 0.450. The summed E-state index contributed by atoms with van der Waals surface area (Å²) in [6.07, 6.45) is 3.55. The van der Waals surface area contributed by atoms with Crippen LogP contribution in [0.3, 0.4) is 0 Å². The molecule has 1 aliphatic carbocycles. The molecule has 0 radical (unpaired) electrons. The van der Waals surface area contributed by atoms with Gasteiger partial charge in [0.1, 0.15) is 12.1 Å². The Bertz CT molecular complexity index is 1610. The number of hydrogen-bond acceptors (Lipinski definition) is 10. The molecule has 10 nitrogen and oxygen atoms in total. The number of benzene rings is 3. The number of carbonyl (C=O) groups is 4. The Labute approximate surface area is 374 Å². The molecule has 4 unspecified atom stereocenters. The monoisotopic (exact) mass is 980 g/mol. The Morgan fingerprint density at radius 1 is 0.782 bits per heavy atom. The van der Waals surface area contributed by atoms with E-state index < -0.39 is 29.5 Å². The van der Waals surface area contributed by atoms with Crippen molar-refractivity contribution in [3.05, 3.63) is 103 Å². The topological polar surface area (TPSA) is 156 Å². The Balaban J connectivity index is 0.000000418. The van der Waals surface area contributed by atoms with E-state index in [1.165, 1.54) is 5.56 Å². The van der Waals surface area contributed by atoms with Crippen LogP contribution in [0.25, 0.3) is 0 Å². The van der Waals surface area contributed by atoms with E-state index in [1.54, 1.807) is 38.1 Å². The maximum Gasteiger partial charge on any atom is 1.00 e. The van der Waals surface area contributed by atoms with Crippen molar-refractivity contribution < 1.29 is 76.3 Å². The van der Waals surface area contributed by atoms with Gasteiger partial charge >= 0.3 is 41.5 Å². The first-order chi connectivity index (χ1) is 25.6. The van der Waals surface area contributed by atoms with E-state index >= 15 is 0 Å². The number of ketones is 1. The first-order valence-corrected chi connectivity index (χ1v) is 21.0. The van der Waals surface area contributed by atoms with Gasteiger partial charge in [-0.1, -0.05) is 84.2 Å². The van der Waals surface area contributed by atoms with Crippen LogP contribution in [-0.4, -0.2) is 56.4 Å². The number of esters is 2.